The van der Waals surface area contributed by atoms with Gasteiger partial charge in [-0.15, -0.1) is 24.9 Å². The highest BCUT2D eigenvalue weighted by Crippen LogP contribution is 2.69. The molecule has 9 heteroatoms. The lowest BCUT2D eigenvalue weighted by Gasteiger charge is -2.43. The summed E-state index contributed by atoms with van der Waals surface area (Å²) < 4.78 is 4.77. The molecule has 0 saturated carbocycles. The maximum Gasteiger partial charge on any atom is 0.310 e. The monoisotopic (exact) mass is 588 g/mol. The van der Waals surface area contributed by atoms with Crippen LogP contribution in [0.3, 0.4) is 0 Å². The molecule has 3 heterocycles. The molecular weight excluding hydrogens is 548 g/mol. The second kappa shape index (κ2) is 12.3. The number of halogens is 1. The highest BCUT2D eigenvalue weighted by Gasteiger charge is 2.77. The SMILES string of the molecule is C=CCCOC(=O)[C@@H]1[C@H]2C(=O)N([C@@H](CO)[C@@H](C)CC)C(C(=O)N(CC=C)c3c(C)cccc3Cl)C23S[C@@H]1CC3C. The number of ether oxygens (including phenoxy) is 1. The Morgan fingerprint density at radius 2 is 2.08 bits per heavy atom. The van der Waals surface area contributed by atoms with Crippen molar-refractivity contribution in [3.63, 3.8) is 0 Å². The predicted molar refractivity (Wildman–Crippen MR) is 160 cm³/mol. The second-order valence-corrected chi connectivity index (χ2v) is 13.3. The molecule has 0 radical (unpaired) electrons. The molecule has 40 heavy (non-hydrogen) atoms. The maximum absolute atomic E-state index is 14.9. The van der Waals surface area contributed by atoms with Crippen molar-refractivity contribution in [1.82, 2.24) is 4.90 Å². The van der Waals surface area contributed by atoms with Crippen LogP contribution in [0.4, 0.5) is 5.69 Å². The highest BCUT2D eigenvalue weighted by atomic mass is 35.5. The first-order chi connectivity index (χ1) is 19.1. The van der Waals surface area contributed by atoms with Crippen molar-refractivity contribution in [1.29, 1.82) is 0 Å². The van der Waals surface area contributed by atoms with E-state index >= 15 is 0 Å². The van der Waals surface area contributed by atoms with Crippen molar-refractivity contribution in [3.05, 3.63) is 54.1 Å². The summed E-state index contributed by atoms with van der Waals surface area (Å²) >= 11 is 8.25. The van der Waals surface area contributed by atoms with E-state index in [9.17, 15) is 19.5 Å². The van der Waals surface area contributed by atoms with Crippen molar-refractivity contribution >= 4 is 46.8 Å². The van der Waals surface area contributed by atoms with Gasteiger partial charge in [-0.25, -0.2) is 0 Å². The van der Waals surface area contributed by atoms with E-state index in [0.717, 1.165) is 5.56 Å². The van der Waals surface area contributed by atoms with Crippen LogP contribution in [-0.2, 0) is 19.1 Å². The van der Waals surface area contributed by atoms with E-state index in [4.69, 9.17) is 16.3 Å². The molecule has 0 aliphatic carbocycles. The molecule has 0 aromatic heterocycles. The van der Waals surface area contributed by atoms with Crippen molar-refractivity contribution in [2.75, 3.05) is 24.7 Å². The molecule has 3 aliphatic heterocycles. The third kappa shape index (κ3) is 4.80. The predicted octanol–water partition coefficient (Wildman–Crippen LogP) is 5.03. The lowest BCUT2D eigenvalue weighted by Crippen LogP contribution is -2.60. The van der Waals surface area contributed by atoms with Crippen LogP contribution in [0.5, 0.6) is 0 Å². The normalized spacial score (nSPS) is 30.1. The number of nitrogens with zero attached hydrogens (tertiary/aromatic N) is 2. The quantitative estimate of drug-likeness (QED) is 0.209. The molecule has 218 valence electrons. The zero-order valence-electron chi connectivity index (χ0n) is 23.8. The number of para-hydroxylation sites is 1. The number of carbonyl (C=O) groups excluding carboxylic acids is 3. The van der Waals surface area contributed by atoms with E-state index in [2.05, 4.69) is 20.1 Å². The number of esters is 1. The molecule has 3 saturated heterocycles. The summed E-state index contributed by atoms with van der Waals surface area (Å²) in [6.45, 7) is 15.7. The van der Waals surface area contributed by atoms with Crippen molar-refractivity contribution in [2.45, 2.75) is 69.0 Å². The molecule has 1 spiro atoms. The molecule has 3 fully saturated rings. The zero-order valence-corrected chi connectivity index (χ0v) is 25.4. The fraction of sp³-hybridized carbons (Fsp3) is 0.581. The Labute approximate surface area is 246 Å². The van der Waals surface area contributed by atoms with Crippen molar-refractivity contribution < 1.29 is 24.2 Å². The van der Waals surface area contributed by atoms with Gasteiger partial charge in [-0.1, -0.05) is 63.1 Å². The number of aliphatic hydroxyl groups is 1. The Bertz CT molecular complexity index is 1160. The van der Waals surface area contributed by atoms with E-state index in [1.807, 2.05) is 32.9 Å². The van der Waals surface area contributed by atoms with Crippen LogP contribution < -0.4 is 4.90 Å². The first-order valence-electron chi connectivity index (χ1n) is 14.2. The second-order valence-electron chi connectivity index (χ2n) is 11.3. The van der Waals surface area contributed by atoms with Crippen LogP contribution in [0, 0.1) is 30.6 Å². The van der Waals surface area contributed by atoms with E-state index < -0.39 is 34.6 Å². The van der Waals surface area contributed by atoms with E-state index in [0.29, 0.717) is 30.0 Å². The van der Waals surface area contributed by atoms with Crippen LogP contribution in [0.2, 0.25) is 5.02 Å². The number of hydrogen-bond acceptors (Lipinski definition) is 6. The summed E-state index contributed by atoms with van der Waals surface area (Å²) in [6.07, 6.45) is 5.28. The smallest absolute Gasteiger partial charge is 0.310 e. The number of aryl methyl sites for hydroxylation is 1. The minimum atomic E-state index is -0.886. The molecule has 3 aliphatic rings. The van der Waals surface area contributed by atoms with Crippen LogP contribution in [0.15, 0.2) is 43.5 Å². The minimum Gasteiger partial charge on any atom is -0.465 e. The molecule has 1 N–H and O–H groups in total. The number of thioether (sulfide) groups is 1. The molecule has 4 rings (SSSR count). The van der Waals surface area contributed by atoms with E-state index in [1.54, 1.807) is 39.8 Å². The number of aliphatic hydroxyl groups excluding tert-OH is 1. The average molecular weight is 589 g/mol. The molecule has 1 aromatic carbocycles. The first-order valence-corrected chi connectivity index (χ1v) is 15.4. The van der Waals surface area contributed by atoms with Crippen LogP contribution in [0.25, 0.3) is 0 Å². The number of carbonyl (C=O) groups is 3. The van der Waals surface area contributed by atoms with Gasteiger partial charge in [0.25, 0.3) is 5.91 Å². The Balaban J connectivity index is 1.87. The molecule has 3 unspecified atom stereocenters. The lowest BCUT2D eigenvalue weighted by molar-refractivity contribution is -0.155. The third-order valence-electron chi connectivity index (χ3n) is 9.14. The number of hydrogen-bond donors (Lipinski definition) is 1. The van der Waals surface area contributed by atoms with Crippen LogP contribution in [0.1, 0.15) is 45.6 Å². The van der Waals surface area contributed by atoms with Gasteiger partial charge in [0.15, 0.2) is 0 Å². The third-order valence-corrected chi connectivity index (χ3v) is 11.5. The summed E-state index contributed by atoms with van der Waals surface area (Å²) in [5.74, 6) is -2.36. The Hall–Kier alpha value is -2.29. The fourth-order valence-corrected chi connectivity index (χ4v) is 9.76. The number of amides is 2. The van der Waals surface area contributed by atoms with Gasteiger partial charge in [0.05, 0.1) is 46.5 Å². The fourth-order valence-electron chi connectivity index (χ4n) is 7.05. The van der Waals surface area contributed by atoms with E-state index in [-0.39, 0.29) is 48.7 Å². The van der Waals surface area contributed by atoms with Gasteiger partial charge in [0.2, 0.25) is 5.91 Å². The summed E-state index contributed by atoms with van der Waals surface area (Å²) in [4.78, 5) is 46.1. The lowest BCUT2D eigenvalue weighted by atomic mass is 9.66. The molecule has 1 aromatic rings. The van der Waals surface area contributed by atoms with Gasteiger partial charge in [-0.05, 0) is 43.2 Å². The Kier molecular flexibility index (Phi) is 9.42. The summed E-state index contributed by atoms with van der Waals surface area (Å²) in [6, 6.07) is 4.01. The largest absolute Gasteiger partial charge is 0.465 e. The maximum atomic E-state index is 14.9. The zero-order chi connectivity index (χ0) is 29.4. The van der Waals surface area contributed by atoms with Crippen LogP contribution >= 0.6 is 23.4 Å². The van der Waals surface area contributed by atoms with Gasteiger partial charge in [0.1, 0.15) is 6.04 Å². The molecule has 7 nitrogen and oxygen atoms in total. The number of anilines is 1. The molecule has 2 amide bonds. The van der Waals surface area contributed by atoms with Gasteiger partial charge in [-0.2, -0.15) is 0 Å². The van der Waals surface area contributed by atoms with Gasteiger partial charge in [0, 0.05) is 11.8 Å². The van der Waals surface area contributed by atoms with Gasteiger partial charge < -0.3 is 19.6 Å². The van der Waals surface area contributed by atoms with Gasteiger partial charge in [-0.3, -0.25) is 14.4 Å². The van der Waals surface area contributed by atoms with Crippen molar-refractivity contribution in [2.24, 2.45) is 23.7 Å². The standard InChI is InChI=1S/C31H41ClN2O5S/c1-7-10-15-39-30(38)24-23-16-20(6)31(40-23)25(24)28(36)34(22(17-35)18(4)9-3)27(31)29(37)33(14-8-2)26-19(5)12-11-13-21(26)32/h7-8,11-13,18,20,22-25,27,35H,1-2,9-10,14-17H2,3-6H3/t18-,20?,22-,23+,24-,25-,27?,31?/m0/s1. The van der Waals surface area contributed by atoms with Crippen LogP contribution in [-0.4, -0.2) is 69.6 Å². The molecule has 2 bridgehead atoms. The number of fused-ring (bicyclic) bond motifs is 1. The van der Waals surface area contributed by atoms with Crippen molar-refractivity contribution in [3.8, 4) is 0 Å². The first kappa shape index (κ1) is 30.7. The number of benzene rings is 1. The van der Waals surface area contributed by atoms with E-state index in [1.165, 1.54) is 0 Å². The summed E-state index contributed by atoms with van der Waals surface area (Å²) in [5.41, 5.74) is 1.41. The number of likely N-dealkylation sites (tertiary alicyclic amines) is 1. The average Bonchev–Trinajstić information content (AvgIpc) is 3.52. The van der Waals surface area contributed by atoms with Gasteiger partial charge >= 0.3 is 5.97 Å². The molecule has 8 atom stereocenters. The molecular formula is C31H41ClN2O5S. The highest BCUT2D eigenvalue weighted by molar-refractivity contribution is 8.02. The summed E-state index contributed by atoms with van der Waals surface area (Å²) in [7, 11) is 0. The number of rotatable bonds is 12. The Morgan fingerprint density at radius 1 is 1.35 bits per heavy atom. The Morgan fingerprint density at radius 3 is 2.67 bits per heavy atom. The topological polar surface area (TPSA) is 87.1 Å². The minimum absolute atomic E-state index is 0.0122. The summed E-state index contributed by atoms with van der Waals surface area (Å²) in [5, 5.41) is 10.9.